The van der Waals surface area contributed by atoms with Crippen molar-refractivity contribution in [2.24, 2.45) is 0 Å². The summed E-state index contributed by atoms with van der Waals surface area (Å²) in [5.74, 6) is 0. The molecule has 1 heterocycles. The minimum atomic E-state index is 0.786. The van der Waals surface area contributed by atoms with Gasteiger partial charge in [-0.05, 0) is 53.1 Å². The topological polar surface area (TPSA) is 18.5 Å². The largest absolute Gasteiger partial charge is 0.317 e. The predicted molar refractivity (Wildman–Crippen MR) is 61.7 cm³/mol. The van der Waals surface area contributed by atoms with Crippen molar-refractivity contribution in [3.05, 3.63) is 0 Å². The first-order valence-corrected chi connectivity index (χ1v) is 5.83. The summed E-state index contributed by atoms with van der Waals surface area (Å²) in [7, 11) is 4.37. The molecule has 0 aromatic carbocycles. The number of likely N-dealkylation sites (tertiary alicyclic amines) is 1. The van der Waals surface area contributed by atoms with Crippen molar-refractivity contribution in [1.82, 2.24) is 15.1 Å². The fourth-order valence-electron chi connectivity index (χ4n) is 2.04. The molecule has 0 aromatic heterocycles. The van der Waals surface area contributed by atoms with E-state index in [0.717, 1.165) is 12.6 Å². The molecule has 1 aliphatic heterocycles. The van der Waals surface area contributed by atoms with Crippen molar-refractivity contribution in [2.45, 2.75) is 25.8 Å². The molecule has 1 rings (SSSR count). The molecule has 0 bridgehead atoms. The third-order valence-electron chi connectivity index (χ3n) is 3.06. The van der Waals surface area contributed by atoms with Gasteiger partial charge >= 0.3 is 0 Å². The van der Waals surface area contributed by atoms with Crippen molar-refractivity contribution in [3.63, 3.8) is 0 Å². The van der Waals surface area contributed by atoms with Gasteiger partial charge in [0.1, 0.15) is 0 Å². The molecule has 1 saturated heterocycles. The highest BCUT2D eigenvalue weighted by Gasteiger charge is 2.22. The zero-order valence-electron chi connectivity index (χ0n) is 9.92. The molecule has 0 amide bonds. The number of likely N-dealkylation sites (N-methyl/N-ethyl adjacent to an activating group) is 1. The molecule has 1 N–H and O–H groups in total. The van der Waals surface area contributed by atoms with E-state index in [4.69, 9.17) is 0 Å². The maximum atomic E-state index is 3.37. The van der Waals surface area contributed by atoms with E-state index < -0.39 is 0 Å². The molecule has 0 radical (unpaired) electrons. The third-order valence-corrected chi connectivity index (χ3v) is 3.06. The average molecular weight is 199 g/mol. The van der Waals surface area contributed by atoms with Gasteiger partial charge in [-0.2, -0.15) is 0 Å². The second-order valence-corrected chi connectivity index (χ2v) is 4.41. The van der Waals surface area contributed by atoms with E-state index in [-0.39, 0.29) is 0 Å². The number of nitrogens with one attached hydrogen (secondary N) is 1. The van der Waals surface area contributed by atoms with Crippen LogP contribution in [0.5, 0.6) is 0 Å². The second-order valence-electron chi connectivity index (χ2n) is 4.41. The maximum absolute atomic E-state index is 3.37. The van der Waals surface area contributed by atoms with Crippen LogP contribution in [0.4, 0.5) is 0 Å². The SMILES string of the molecule is CCNCCCN1CCC(N(C)C)C1. The predicted octanol–water partition coefficient (Wildman–Crippen LogP) is 0.622. The van der Waals surface area contributed by atoms with Gasteiger partial charge in [0, 0.05) is 12.6 Å². The van der Waals surface area contributed by atoms with Gasteiger partial charge < -0.3 is 15.1 Å². The Morgan fingerprint density at radius 3 is 2.79 bits per heavy atom. The van der Waals surface area contributed by atoms with E-state index in [1.165, 1.54) is 39.0 Å². The highest BCUT2D eigenvalue weighted by molar-refractivity contribution is 4.80. The van der Waals surface area contributed by atoms with E-state index in [1.54, 1.807) is 0 Å². The van der Waals surface area contributed by atoms with Crippen LogP contribution < -0.4 is 5.32 Å². The fraction of sp³-hybridized carbons (Fsp3) is 1.00. The van der Waals surface area contributed by atoms with Crippen LogP contribution in [0.3, 0.4) is 0 Å². The van der Waals surface area contributed by atoms with E-state index in [9.17, 15) is 0 Å². The summed E-state index contributed by atoms with van der Waals surface area (Å²) < 4.78 is 0. The van der Waals surface area contributed by atoms with Gasteiger partial charge in [0.05, 0.1) is 0 Å². The molecule has 1 aliphatic rings. The molecule has 3 nitrogen and oxygen atoms in total. The zero-order chi connectivity index (χ0) is 10.4. The Bertz CT molecular complexity index is 147. The Labute approximate surface area is 88.5 Å². The lowest BCUT2D eigenvalue weighted by molar-refractivity contribution is 0.266. The number of hydrogen-bond acceptors (Lipinski definition) is 3. The summed E-state index contributed by atoms with van der Waals surface area (Å²) in [4.78, 5) is 4.94. The van der Waals surface area contributed by atoms with Crippen LogP contribution in [0.2, 0.25) is 0 Å². The Balaban J connectivity index is 2.04. The van der Waals surface area contributed by atoms with Crippen molar-refractivity contribution in [1.29, 1.82) is 0 Å². The van der Waals surface area contributed by atoms with Gasteiger partial charge in [0.2, 0.25) is 0 Å². The molecular formula is C11H25N3. The number of rotatable bonds is 6. The monoisotopic (exact) mass is 199 g/mol. The first-order chi connectivity index (χ1) is 6.74. The lowest BCUT2D eigenvalue weighted by atomic mass is 10.2. The molecule has 1 atom stereocenters. The van der Waals surface area contributed by atoms with Crippen molar-refractivity contribution >= 4 is 0 Å². The van der Waals surface area contributed by atoms with Gasteiger partial charge in [-0.1, -0.05) is 6.92 Å². The van der Waals surface area contributed by atoms with Crippen LogP contribution in [0.1, 0.15) is 19.8 Å². The Hall–Kier alpha value is -0.120. The van der Waals surface area contributed by atoms with Gasteiger partial charge in [-0.3, -0.25) is 0 Å². The number of nitrogens with zero attached hydrogens (tertiary/aromatic N) is 2. The van der Waals surface area contributed by atoms with E-state index >= 15 is 0 Å². The summed E-state index contributed by atoms with van der Waals surface area (Å²) >= 11 is 0. The molecule has 0 aromatic rings. The Morgan fingerprint density at radius 1 is 1.43 bits per heavy atom. The molecule has 14 heavy (non-hydrogen) atoms. The second kappa shape index (κ2) is 6.38. The molecule has 0 aliphatic carbocycles. The summed E-state index contributed by atoms with van der Waals surface area (Å²) in [6, 6.07) is 0.786. The highest BCUT2D eigenvalue weighted by atomic mass is 15.2. The van der Waals surface area contributed by atoms with Crippen LogP contribution in [-0.2, 0) is 0 Å². The zero-order valence-corrected chi connectivity index (χ0v) is 9.92. The van der Waals surface area contributed by atoms with Gasteiger partial charge in [-0.15, -0.1) is 0 Å². The van der Waals surface area contributed by atoms with Crippen molar-refractivity contribution < 1.29 is 0 Å². The molecule has 1 unspecified atom stereocenters. The molecular weight excluding hydrogens is 174 g/mol. The third kappa shape index (κ3) is 3.95. The minimum Gasteiger partial charge on any atom is -0.317 e. The van der Waals surface area contributed by atoms with E-state index in [2.05, 4.69) is 36.1 Å². The van der Waals surface area contributed by atoms with Gasteiger partial charge in [-0.25, -0.2) is 0 Å². The van der Waals surface area contributed by atoms with Gasteiger partial charge in [0.15, 0.2) is 0 Å². The van der Waals surface area contributed by atoms with Crippen molar-refractivity contribution in [3.8, 4) is 0 Å². The first kappa shape index (κ1) is 12.0. The van der Waals surface area contributed by atoms with E-state index in [0.29, 0.717) is 0 Å². The summed E-state index contributed by atoms with van der Waals surface area (Å²) in [6.45, 7) is 8.24. The molecule has 1 fully saturated rings. The first-order valence-electron chi connectivity index (χ1n) is 5.83. The normalized spacial score (nSPS) is 23.6. The Morgan fingerprint density at radius 2 is 2.21 bits per heavy atom. The summed E-state index contributed by atoms with van der Waals surface area (Å²) in [5, 5.41) is 3.37. The van der Waals surface area contributed by atoms with Crippen LogP contribution >= 0.6 is 0 Å². The smallest absolute Gasteiger partial charge is 0.0229 e. The maximum Gasteiger partial charge on any atom is 0.0229 e. The quantitative estimate of drug-likeness (QED) is 0.633. The lowest BCUT2D eigenvalue weighted by Crippen LogP contribution is -2.32. The van der Waals surface area contributed by atoms with Crippen LogP contribution in [0, 0.1) is 0 Å². The molecule has 0 saturated carbocycles. The summed E-state index contributed by atoms with van der Waals surface area (Å²) in [5.41, 5.74) is 0. The number of hydrogen-bond donors (Lipinski definition) is 1. The van der Waals surface area contributed by atoms with E-state index in [1.807, 2.05) is 0 Å². The summed E-state index contributed by atoms with van der Waals surface area (Å²) in [6.07, 6.45) is 2.63. The van der Waals surface area contributed by atoms with Gasteiger partial charge in [0.25, 0.3) is 0 Å². The fourth-order valence-corrected chi connectivity index (χ4v) is 2.04. The van der Waals surface area contributed by atoms with Crippen molar-refractivity contribution in [2.75, 3.05) is 46.8 Å². The molecule has 3 heteroatoms. The Kier molecular flexibility index (Phi) is 5.45. The molecule has 0 spiro atoms. The van der Waals surface area contributed by atoms with Crippen LogP contribution in [0.25, 0.3) is 0 Å². The van der Waals surface area contributed by atoms with Crippen LogP contribution in [-0.4, -0.2) is 62.7 Å². The standard InChI is InChI=1S/C11H25N3/c1-4-12-7-5-8-14-9-6-11(10-14)13(2)3/h11-12H,4-10H2,1-3H3. The highest BCUT2D eigenvalue weighted by Crippen LogP contribution is 2.12. The lowest BCUT2D eigenvalue weighted by Gasteiger charge is -2.20. The minimum absolute atomic E-state index is 0.786. The average Bonchev–Trinajstić information content (AvgIpc) is 2.61. The molecule has 84 valence electrons. The van der Waals surface area contributed by atoms with Crippen LogP contribution in [0.15, 0.2) is 0 Å².